The Balaban J connectivity index is 1.41. The average molecular weight is 452 g/mol. The first-order chi connectivity index (χ1) is 16.0. The van der Waals surface area contributed by atoms with E-state index >= 15 is 0 Å². The van der Waals surface area contributed by atoms with Crippen LogP contribution in [0, 0.1) is 0 Å². The highest BCUT2D eigenvalue weighted by Gasteiger charge is 2.44. The third-order valence-corrected chi connectivity index (χ3v) is 6.44. The quantitative estimate of drug-likeness (QED) is 0.602. The van der Waals surface area contributed by atoms with Gasteiger partial charge in [-0.15, -0.1) is 0 Å². The van der Waals surface area contributed by atoms with Crippen molar-refractivity contribution in [3.63, 3.8) is 0 Å². The Bertz CT molecular complexity index is 987. The smallest absolute Gasteiger partial charge is 0.324 e. The van der Waals surface area contributed by atoms with Crippen molar-refractivity contribution in [2.45, 2.75) is 37.1 Å². The molecule has 2 heterocycles. The highest BCUT2D eigenvalue weighted by atomic mass is 16.5. The van der Waals surface area contributed by atoms with E-state index < -0.39 is 12.1 Å². The molecule has 2 aromatic rings. The predicted molar refractivity (Wildman–Crippen MR) is 123 cm³/mol. The molecule has 8 heteroatoms. The van der Waals surface area contributed by atoms with E-state index in [0.29, 0.717) is 31.7 Å². The van der Waals surface area contributed by atoms with Crippen molar-refractivity contribution in [1.82, 2.24) is 10.2 Å². The maximum atomic E-state index is 13.1. The van der Waals surface area contributed by atoms with E-state index in [1.807, 2.05) is 42.5 Å². The molecule has 1 atom stereocenters. The summed E-state index contributed by atoms with van der Waals surface area (Å²) in [7, 11) is 1.62. The third kappa shape index (κ3) is 5.17. The van der Waals surface area contributed by atoms with Crippen LogP contribution in [0.5, 0.6) is 5.75 Å². The van der Waals surface area contributed by atoms with Crippen molar-refractivity contribution in [3.05, 3.63) is 60.2 Å². The fourth-order valence-corrected chi connectivity index (χ4v) is 4.49. The highest BCUT2D eigenvalue weighted by Crippen LogP contribution is 2.37. The van der Waals surface area contributed by atoms with Gasteiger partial charge in [-0.05, 0) is 49.1 Å². The Morgan fingerprint density at radius 1 is 1.12 bits per heavy atom. The number of anilines is 1. The van der Waals surface area contributed by atoms with E-state index in [4.69, 9.17) is 9.47 Å². The number of nitrogens with one attached hydrogen (secondary N) is 2. The number of methoxy groups -OCH3 is 1. The molecule has 2 aromatic carbocycles. The topological polar surface area (TPSA) is 97.0 Å². The molecule has 0 spiro atoms. The van der Waals surface area contributed by atoms with Crippen molar-refractivity contribution >= 4 is 23.5 Å². The van der Waals surface area contributed by atoms with Crippen LogP contribution in [0.3, 0.4) is 0 Å². The molecule has 174 valence electrons. The molecule has 0 aromatic heterocycles. The van der Waals surface area contributed by atoms with Gasteiger partial charge in [0.15, 0.2) is 0 Å². The number of para-hydroxylation sites is 1. The highest BCUT2D eigenvalue weighted by molar-refractivity contribution is 6.04. The molecular formula is C25H29N3O5. The minimum absolute atomic E-state index is 0.136. The molecule has 4 amide bonds. The van der Waals surface area contributed by atoms with Gasteiger partial charge in [0.25, 0.3) is 5.91 Å². The van der Waals surface area contributed by atoms with Gasteiger partial charge in [0.2, 0.25) is 5.91 Å². The van der Waals surface area contributed by atoms with E-state index in [-0.39, 0.29) is 36.6 Å². The lowest BCUT2D eigenvalue weighted by molar-refractivity contribution is -0.128. The van der Waals surface area contributed by atoms with Crippen LogP contribution in [0.4, 0.5) is 10.5 Å². The van der Waals surface area contributed by atoms with Crippen LogP contribution in [0.25, 0.3) is 0 Å². The van der Waals surface area contributed by atoms with E-state index in [2.05, 4.69) is 10.6 Å². The van der Waals surface area contributed by atoms with Crippen molar-refractivity contribution < 1.29 is 23.9 Å². The molecule has 2 aliphatic heterocycles. The number of rotatable bonds is 8. The fourth-order valence-electron chi connectivity index (χ4n) is 4.49. The minimum Gasteiger partial charge on any atom is -0.497 e. The number of hydrogen-bond acceptors (Lipinski definition) is 5. The van der Waals surface area contributed by atoms with Crippen LogP contribution >= 0.6 is 0 Å². The lowest BCUT2D eigenvalue weighted by atomic mass is 9.73. The van der Waals surface area contributed by atoms with Gasteiger partial charge >= 0.3 is 6.03 Å². The largest absolute Gasteiger partial charge is 0.497 e. The Hall–Kier alpha value is -3.39. The lowest BCUT2D eigenvalue weighted by Gasteiger charge is -2.39. The maximum Gasteiger partial charge on any atom is 0.324 e. The van der Waals surface area contributed by atoms with Crippen molar-refractivity contribution in [2.75, 3.05) is 32.2 Å². The molecule has 4 rings (SSSR count). The first-order valence-corrected chi connectivity index (χ1v) is 11.2. The summed E-state index contributed by atoms with van der Waals surface area (Å²) >= 11 is 0. The van der Waals surface area contributed by atoms with Crippen molar-refractivity contribution in [1.29, 1.82) is 0 Å². The Kier molecular flexibility index (Phi) is 6.93. The standard InChI is InChI=1S/C25H29N3O5/c1-32-20-9-7-18(8-10-20)25(13-15-33-16-14-25)17-28-23(30)21(27-24(28)31)11-12-22(29)26-19-5-3-2-4-6-19/h2-10,21H,11-17H2,1H3,(H,26,29)(H,27,31). The molecule has 33 heavy (non-hydrogen) atoms. The fraction of sp³-hybridized carbons (Fsp3) is 0.400. The first kappa shape index (κ1) is 22.8. The van der Waals surface area contributed by atoms with Gasteiger partial charge in [0.1, 0.15) is 11.8 Å². The summed E-state index contributed by atoms with van der Waals surface area (Å²) in [5.74, 6) is 0.275. The molecule has 8 nitrogen and oxygen atoms in total. The van der Waals surface area contributed by atoms with Crippen LogP contribution < -0.4 is 15.4 Å². The number of carbonyl (C=O) groups is 3. The zero-order chi connectivity index (χ0) is 23.3. The second-order valence-electron chi connectivity index (χ2n) is 8.50. The number of urea groups is 1. The van der Waals surface area contributed by atoms with E-state index in [0.717, 1.165) is 11.3 Å². The van der Waals surface area contributed by atoms with E-state index in [1.165, 1.54) is 4.90 Å². The molecule has 0 aliphatic carbocycles. The molecule has 2 saturated heterocycles. The first-order valence-electron chi connectivity index (χ1n) is 11.2. The van der Waals surface area contributed by atoms with Crippen molar-refractivity contribution in [2.24, 2.45) is 0 Å². The second kappa shape index (κ2) is 10.0. The van der Waals surface area contributed by atoms with Crippen LogP contribution in [-0.4, -0.2) is 55.7 Å². The summed E-state index contributed by atoms with van der Waals surface area (Å²) in [5, 5.41) is 5.56. The molecule has 2 N–H and O–H groups in total. The van der Waals surface area contributed by atoms with Gasteiger partial charge < -0.3 is 20.1 Å². The number of hydrogen-bond donors (Lipinski definition) is 2. The molecular weight excluding hydrogens is 422 g/mol. The average Bonchev–Trinajstić information content (AvgIpc) is 3.11. The zero-order valence-corrected chi connectivity index (χ0v) is 18.7. The number of nitrogens with zero attached hydrogens (tertiary/aromatic N) is 1. The summed E-state index contributed by atoms with van der Waals surface area (Å²) < 4.78 is 10.8. The van der Waals surface area contributed by atoms with E-state index in [9.17, 15) is 14.4 Å². The molecule has 0 bridgehead atoms. The monoisotopic (exact) mass is 451 g/mol. The third-order valence-electron chi connectivity index (χ3n) is 6.44. The Morgan fingerprint density at radius 2 is 1.82 bits per heavy atom. The van der Waals surface area contributed by atoms with Crippen LogP contribution in [0.2, 0.25) is 0 Å². The minimum atomic E-state index is -0.702. The Morgan fingerprint density at radius 3 is 2.48 bits per heavy atom. The van der Waals surface area contributed by atoms with Gasteiger partial charge in [-0.25, -0.2) is 4.79 Å². The van der Waals surface area contributed by atoms with Crippen LogP contribution in [0.1, 0.15) is 31.2 Å². The molecule has 0 radical (unpaired) electrons. The number of carbonyl (C=O) groups excluding carboxylic acids is 3. The van der Waals surface area contributed by atoms with Gasteiger partial charge in [0.05, 0.1) is 7.11 Å². The molecule has 0 saturated carbocycles. The van der Waals surface area contributed by atoms with Crippen molar-refractivity contribution in [3.8, 4) is 5.75 Å². The van der Waals surface area contributed by atoms with E-state index in [1.54, 1.807) is 19.2 Å². The van der Waals surface area contributed by atoms with Crippen LogP contribution in [-0.2, 0) is 19.7 Å². The molecule has 2 aliphatic rings. The summed E-state index contributed by atoms with van der Waals surface area (Å²) in [6, 6.07) is 15.8. The SMILES string of the molecule is COc1ccc(C2(CN3C(=O)NC(CCC(=O)Nc4ccccc4)C3=O)CCOCC2)cc1. The second-order valence-corrected chi connectivity index (χ2v) is 8.50. The maximum absolute atomic E-state index is 13.1. The van der Waals surface area contributed by atoms with Gasteiger partial charge in [-0.3, -0.25) is 14.5 Å². The normalized spacial score (nSPS) is 19.8. The van der Waals surface area contributed by atoms with Gasteiger partial charge in [-0.2, -0.15) is 0 Å². The molecule has 2 fully saturated rings. The number of amides is 4. The predicted octanol–water partition coefficient (Wildman–Crippen LogP) is 3.08. The summed E-state index contributed by atoms with van der Waals surface area (Å²) in [6.45, 7) is 1.41. The molecule has 1 unspecified atom stereocenters. The summed E-state index contributed by atoms with van der Waals surface area (Å²) in [4.78, 5) is 39.4. The number of benzene rings is 2. The summed E-state index contributed by atoms with van der Waals surface area (Å²) in [5.41, 5.74) is 1.38. The lowest BCUT2D eigenvalue weighted by Crippen LogP contribution is -2.47. The van der Waals surface area contributed by atoms with Crippen LogP contribution in [0.15, 0.2) is 54.6 Å². The Labute approximate surface area is 193 Å². The van der Waals surface area contributed by atoms with Gasteiger partial charge in [-0.1, -0.05) is 30.3 Å². The number of imide groups is 1. The number of ether oxygens (including phenoxy) is 2. The zero-order valence-electron chi connectivity index (χ0n) is 18.7. The van der Waals surface area contributed by atoms with Gasteiger partial charge in [0, 0.05) is 37.3 Å². The summed E-state index contributed by atoms with van der Waals surface area (Å²) in [6.07, 6.45) is 1.80.